The van der Waals surface area contributed by atoms with Gasteiger partial charge in [-0.25, -0.2) is 0 Å². The number of rotatable bonds is 4. The Balaban J connectivity index is 2.11. The molecule has 2 aromatic rings. The van der Waals surface area contributed by atoms with Gasteiger partial charge in [0.1, 0.15) is 0 Å². The molecular formula is C16H12F6O. The van der Waals surface area contributed by atoms with Crippen LogP contribution in [0.25, 0.3) is 0 Å². The lowest BCUT2D eigenvalue weighted by molar-refractivity contribution is -0.139. The largest absolute Gasteiger partial charge is 0.416 e. The van der Waals surface area contributed by atoms with Crippen molar-refractivity contribution in [2.45, 2.75) is 25.6 Å². The molecule has 0 saturated heterocycles. The van der Waals surface area contributed by atoms with Crippen molar-refractivity contribution < 1.29 is 31.1 Å². The van der Waals surface area contributed by atoms with Crippen LogP contribution in [0.3, 0.4) is 0 Å². The lowest BCUT2D eigenvalue weighted by atomic mass is 10.1. The van der Waals surface area contributed by atoms with Crippen LogP contribution in [0.5, 0.6) is 0 Å². The fourth-order valence-corrected chi connectivity index (χ4v) is 2.12. The monoisotopic (exact) mass is 334 g/mol. The average Bonchev–Trinajstić information content (AvgIpc) is 2.46. The number of halogens is 6. The van der Waals surface area contributed by atoms with Gasteiger partial charge >= 0.3 is 12.4 Å². The highest BCUT2D eigenvalue weighted by Gasteiger charge is 2.34. The number of hydrogen-bond acceptors (Lipinski definition) is 1. The lowest BCUT2D eigenvalue weighted by Gasteiger charge is -2.15. The lowest BCUT2D eigenvalue weighted by Crippen LogP contribution is -2.11. The first-order valence-corrected chi connectivity index (χ1v) is 6.57. The van der Waals surface area contributed by atoms with Crippen molar-refractivity contribution in [1.82, 2.24) is 0 Å². The van der Waals surface area contributed by atoms with Gasteiger partial charge in [-0.15, -0.1) is 0 Å². The van der Waals surface area contributed by atoms with Crippen molar-refractivity contribution >= 4 is 0 Å². The summed E-state index contributed by atoms with van der Waals surface area (Å²) in [6.07, 6.45) is -9.08. The van der Waals surface area contributed by atoms with Gasteiger partial charge in [0.2, 0.25) is 0 Å². The highest BCUT2D eigenvalue weighted by molar-refractivity contribution is 5.30. The van der Waals surface area contributed by atoms with Crippen LogP contribution in [-0.4, -0.2) is 0 Å². The zero-order chi connectivity index (χ0) is 17.1. The molecule has 2 aromatic carbocycles. The van der Waals surface area contributed by atoms with E-state index in [2.05, 4.69) is 0 Å². The molecular weight excluding hydrogens is 322 g/mol. The molecule has 2 rings (SSSR count). The van der Waals surface area contributed by atoms with Gasteiger partial charge in [-0.3, -0.25) is 0 Å². The van der Waals surface area contributed by atoms with E-state index in [0.29, 0.717) is 0 Å². The third-order valence-electron chi connectivity index (χ3n) is 3.16. The Morgan fingerprint density at radius 3 is 1.30 bits per heavy atom. The van der Waals surface area contributed by atoms with Crippen LogP contribution in [0.15, 0.2) is 48.5 Å². The van der Waals surface area contributed by atoms with Crippen LogP contribution in [0.2, 0.25) is 0 Å². The summed E-state index contributed by atoms with van der Waals surface area (Å²) in [5.41, 5.74) is -1.96. The molecule has 7 heteroatoms. The topological polar surface area (TPSA) is 9.23 Å². The SMILES string of the molecule is FC(F)(F)c1ccccc1COCc1ccccc1C(F)(F)F. The van der Waals surface area contributed by atoms with E-state index in [4.69, 9.17) is 4.74 Å². The van der Waals surface area contributed by atoms with E-state index in [0.717, 1.165) is 12.1 Å². The minimum absolute atomic E-state index is 0.121. The molecule has 0 spiro atoms. The first-order chi connectivity index (χ1) is 10.7. The number of alkyl halides is 6. The highest BCUT2D eigenvalue weighted by atomic mass is 19.4. The van der Waals surface area contributed by atoms with Gasteiger partial charge in [-0.05, 0) is 23.3 Å². The molecule has 0 aromatic heterocycles. The molecule has 1 nitrogen and oxygen atoms in total. The summed E-state index contributed by atoms with van der Waals surface area (Å²) in [5, 5.41) is 0. The summed E-state index contributed by atoms with van der Waals surface area (Å²) in [6, 6.07) is 9.59. The van der Waals surface area contributed by atoms with Crippen molar-refractivity contribution in [1.29, 1.82) is 0 Å². The third-order valence-corrected chi connectivity index (χ3v) is 3.16. The molecule has 0 unspecified atom stereocenters. The van der Waals surface area contributed by atoms with E-state index in [1.807, 2.05) is 0 Å². The predicted molar refractivity (Wildman–Crippen MR) is 71.4 cm³/mol. The zero-order valence-electron chi connectivity index (χ0n) is 11.7. The molecule has 0 aliphatic heterocycles. The second kappa shape index (κ2) is 6.62. The van der Waals surface area contributed by atoms with E-state index >= 15 is 0 Å². The molecule has 0 amide bonds. The van der Waals surface area contributed by atoms with Crippen molar-refractivity contribution in [3.8, 4) is 0 Å². The van der Waals surface area contributed by atoms with E-state index in [-0.39, 0.29) is 11.1 Å². The van der Waals surface area contributed by atoms with E-state index < -0.39 is 36.7 Å². The first-order valence-electron chi connectivity index (χ1n) is 6.57. The molecule has 0 bridgehead atoms. The zero-order valence-corrected chi connectivity index (χ0v) is 11.7. The van der Waals surface area contributed by atoms with Gasteiger partial charge in [0.25, 0.3) is 0 Å². The number of benzene rings is 2. The summed E-state index contributed by atoms with van der Waals surface area (Å²) in [6.45, 7) is -0.857. The molecule has 23 heavy (non-hydrogen) atoms. The van der Waals surface area contributed by atoms with Crippen molar-refractivity contribution in [3.05, 3.63) is 70.8 Å². The Morgan fingerprint density at radius 2 is 0.957 bits per heavy atom. The predicted octanol–water partition coefficient (Wildman–Crippen LogP) is 5.44. The second-order valence-electron chi connectivity index (χ2n) is 4.80. The third kappa shape index (κ3) is 4.48. The molecule has 0 aliphatic rings. The first kappa shape index (κ1) is 17.3. The molecule has 0 heterocycles. The van der Waals surface area contributed by atoms with Gasteiger partial charge in [-0.2, -0.15) is 26.3 Å². The molecule has 0 atom stereocenters. The Morgan fingerprint density at radius 1 is 0.609 bits per heavy atom. The molecule has 0 aliphatic carbocycles. The molecule has 124 valence electrons. The summed E-state index contributed by atoms with van der Waals surface area (Å²) >= 11 is 0. The van der Waals surface area contributed by atoms with E-state index in [1.54, 1.807) is 0 Å². The van der Waals surface area contributed by atoms with E-state index in [9.17, 15) is 26.3 Å². The van der Waals surface area contributed by atoms with Crippen LogP contribution in [-0.2, 0) is 30.3 Å². The minimum Gasteiger partial charge on any atom is -0.372 e. The van der Waals surface area contributed by atoms with Crippen molar-refractivity contribution in [2.24, 2.45) is 0 Å². The maximum absolute atomic E-state index is 12.8. The Labute approximate surface area is 128 Å². The van der Waals surface area contributed by atoms with Crippen LogP contribution < -0.4 is 0 Å². The van der Waals surface area contributed by atoms with Crippen LogP contribution >= 0.6 is 0 Å². The van der Waals surface area contributed by atoms with Crippen LogP contribution in [0.4, 0.5) is 26.3 Å². The summed E-state index contributed by atoms with van der Waals surface area (Å²) in [4.78, 5) is 0. The quantitative estimate of drug-likeness (QED) is 0.677. The number of ether oxygens (including phenoxy) is 1. The maximum atomic E-state index is 12.8. The minimum atomic E-state index is -4.54. The Kier molecular flexibility index (Phi) is 4.99. The fourth-order valence-electron chi connectivity index (χ4n) is 2.12. The summed E-state index contributed by atoms with van der Waals surface area (Å²) in [5.74, 6) is 0. The van der Waals surface area contributed by atoms with Crippen LogP contribution in [0, 0.1) is 0 Å². The van der Waals surface area contributed by atoms with Crippen molar-refractivity contribution in [2.75, 3.05) is 0 Å². The Bertz CT molecular complexity index is 603. The maximum Gasteiger partial charge on any atom is 0.416 e. The normalized spacial score (nSPS) is 12.4. The van der Waals surface area contributed by atoms with E-state index in [1.165, 1.54) is 36.4 Å². The molecule has 0 fully saturated rings. The second-order valence-corrected chi connectivity index (χ2v) is 4.80. The highest BCUT2D eigenvalue weighted by Crippen LogP contribution is 2.34. The molecule has 0 radical (unpaired) electrons. The average molecular weight is 334 g/mol. The van der Waals surface area contributed by atoms with Crippen LogP contribution in [0.1, 0.15) is 22.3 Å². The van der Waals surface area contributed by atoms with Crippen molar-refractivity contribution in [3.63, 3.8) is 0 Å². The standard InChI is InChI=1S/C16H12F6O/c17-15(18,19)13-7-3-1-5-11(13)9-23-10-12-6-2-4-8-14(12)16(20,21)22/h1-8H,9-10H2. The van der Waals surface area contributed by atoms with Gasteiger partial charge in [0.15, 0.2) is 0 Å². The molecule has 0 N–H and O–H groups in total. The Hall–Kier alpha value is -2.02. The summed E-state index contributed by atoms with van der Waals surface area (Å²) in [7, 11) is 0. The van der Waals surface area contributed by atoms with Gasteiger partial charge in [-0.1, -0.05) is 36.4 Å². The van der Waals surface area contributed by atoms with Gasteiger partial charge in [0, 0.05) is 0 Å². The van der Waals surface area contributed by atoms with Gasteiger partial charge < -0.3 is 4.74 Å². The smallest absolute Gasteiger partial charge is 0.372 e. The van der Waals surface area contributed by atoms with Gasteiger partial charge in [0.05, 0.1) is 24.3 Å². The summed E-state index contributed by atoms with van der Waals surface area (Å²) < 4.78 is 82.0. The fraction of sp³-hybridized carbons (Fsp3) is 0.250. The molecule has 0 saturated carbocycles. The number of hydrogen-bond donors (Lipinski definition) is 0.